The first-order valence-electron chi connectivity index (χ1n) is 6.45. The Morgan fingerprint density at radius 2 is 1.83 bits per heavy atom. The van der Waals surface area contributed by atoms with Crippen LogP contribution in [0.25, 0.3) is 0 Å². The molecule has 0 bridgehead atoms. The lowest BCUT2D eigenvalue weighted by Crippen LogP contribution is -2.20. The number of primary sulfonamides is 1. The molecule has 7 nitrogen and oxygen atoms in total. The van der Waals surface area contributed by atoms with Gasteiger partial charge in [-0.1, -0.05) is 12.1 Å². The Bertz CT molecular complexity index is 855. The van der Waals surface area contributed by atoms with E-state index in [-0.39, 0.29) is 11.5 Å². The molecule has 0 saturated carbocycles. The summed E-state index contributed by atoms with van der Waals surface area (Å²) in [4.78, 5) is 11.8. The average Bonchev–Trinajstić information content (AvgIpc) is 2.53. The molecular weight excluding hydrogens is 318 g/mol. The third-order valence-corrected chi connectivity index (χ3v) is 3.76. The van der Waals surface area contributed by atoms with Crippen molar-refractivity contribution >= 4 is 21.6 Å². The number of rotatable bonds is 5. The molecule has 0 aliphatic rings. The minimum absolute atomic E-state index is 0.0466. The van der Waals surface area contributed by atoms with Gasteiger partial charge in [-0.05, 0) is 36.4 Å². The van der Waals surface area contributed by atoms with Crippen molar-refractivity contribution in [1.82, 2.24) is 0 Å². The van der Waals surface area contributed by atoms with Crippen molar-refractivity contribution in [2.24, 2.45) is 5.14 Å². The number of carbonyl (C=O) groups excluding carboxylic acids is 1. The maximum absolute atomic E-state index is 11.8. The third kappa shape index (κ3) is 4.54. The van der Waals surface area contributed by atoms with E-state index in [1.54, 1.807) is 24.3 Å². The molecule has 0 spiro atoms. The number of nitrogens with one attached hydrogen (secondary N) is 1. The molecule has 1 amide bonds. The predicted octanol–water partition coefficient (Wildman–Crippen LogP) is 1.22. The number of nitrogens with two attached hydrogens (primary N) is 1. The number of nitrogens with zero attached hydrogens (tertiary/aromatic N) is 1. The number of sulfonamides is 1. The number of ether oxygens (including phenoxy) is 1. The zero-order chi connectivity index (χ0) is 16.9. The second-order valence-electron chi connectivity index (χ2n) is 4.51. The number of benzene rings is 2. The van der Waals surface area contributed by atoms with Gasteiger partial charge in [0.1, 0.15) is 11.8 Å². The van der Waals surface area contributed by atoms with E-state index >= 15 is 0 Å². The van der Waals surface area contributed by atoms with Gasteiger partial charge in [0.15, 0.2) is 6.61 Å². The van der Waals surface area contributed by atoms with E-state index in [1.165, 1.54) is 24.3 Å². The minimum atomic E-state index is -3.77. The normalized spacial score (nSPS) is 10.6. The van der Waals surface area contributed by atoms with Crippen LogP contribution in [0.2, 0.25) is 0 Å². The highest BCUT2D eigenvalue weighted by Crippen LogP contribution is 2.17. The molecule has 2 aromatic rings. The van der Waals surface area contributed by atoms with E-state index in [9.17, 15) is 13.2 Å². The lowest BCUT2D eigenvalue weighted by Gasteiger charge is -2.08. The lowest BCUT2D eigenvalue weighted by atomic mass is 10.2. The summed E-state index contributed by atoms with van der Waals surface area (Å²) in [6.45, 7) is -0.282. The minimum Gasteiger partial charge on any atom is -0.482 e. The van der Waals surface area contributed by atoms with Crippen LogP contribution in [-0.2, 0) is 14.8 Å². The van der Waals surface area contributed by atoms with Crippen LogP contribution >= 0.6 is 0 Å². The number of hydrogen-bond donors (Lipinski definition) is 2. The molecule has 0 aliphatic carbocycles. The van der Waals surface area contributed by atoms with Gasteiger partial charge in [-0.3, -0.25) is 4.79 Å². The van der Waals surface area contributed by atoms with Gasteiger partial charge in [0, 0.05) is 5.69 Å². The summed E-state index contributed by atoms with van der Waals surface area (Å²) in [5.41, 5.74) is 0.734. The SMILES string of the molecule is N#Cc1ccccc1OCC(=O)Nc1ccc(S(N)(=O)=O)cc1. The second-order valence-corrected chi connectivity index (χ2v) is 6.08. The summed E-state index contributed by atoms with van der Waals surface area (Å²) in [6, 6.07) is 13.9. The standard InChI is InChI=1S/C15H13N3O4S/c16-9-11-3-1-2-4-14(11)22-10-15(19)18-12-5-7-13(8-6-12)23(17,20)21/h1-8H,10H2,(H,18,19)(H2,17,20,21). The Balaban J connectivity index is 1.96. The highest BCUT2D eigenvalue weighted by atomic mass is 32.2. The van der Waals surface area contributed by atoms with E-state index in [2.05, 4.69) is 5.32 Å². The first-order valence-corrected chi connectivity index (χ1v) is 7.99. The molecule has 23 heavy (non-hydrogen) atoms. The monoisotopic (exact) mass is 331 g/mol. The smallest absolute Gasteiger partial charge is 0.262 e. The molecule has 0 unspecified atom stereocenters. The van der Waals surface area contributed by atoms with Crippen LogP contribution in [0.1, 0.15) is 5.56 Å². The fourth-order valence-corrected chi connectivity index (χ4v) is 2.27. The van der Waals surface area contributed by atoms with Crippen molar-refractivity contribution in [1.29, 1.82) is 5.26 Å². The van der Waals surface area contributed by atoms with Gasteiger partial charge >= 0.3 is 0 Å². The quantitative estimate of drug-likeness (QED) is 0.853. The van der Waals surface area contributed by atoms with Crippen LogP contribution < -0.4 is 15.2 Å². The van der Waals surface area contributed by atoms with E-state index in [4.69, 9.17) is 15.1 Å². The van der Waals surface area contributed by atoms with Gasteiger partial charge < -0.3 is 10.1 Å². The summed E-state index contributed by atoms with van der Waals surface area (Å²) in [6.07, 6.45) is 0. The van der Waals surface area contributed by atoms with Gasteiger partial charge in [-0.15, -0.1) is 0 Å². The summed E-state index contributed by atoms with van der Waals surface area (Å²) in [5.74, 6) is -0.129. The first kappa shape index (κ1) is 16.5. The molecule has 0 aromatic heterocycles. The lowest BCUT2D eigenvalue weighted by molar-refractivity contribution is -0.118. The molecule has 3 N–H and O–H groups in total. The van der Waals surface area contributed by atoms with Gasteiger partial charge in [0.25, 0.3) is 5.91 Å². The number of anilines is 1. The van der Waals surface area contributed by atoms with Crippen molar-refractivity contribution in [3.8, 4) is 11.8 Å². The van der Waals surface area contributed by atoms with Crippen molar-refractivity contribution in [2.75, 3.05) is 11.9 Å². The Morgan fingerprint density at radius 1 is 1.17 bits per heavy atom. The van der Waals surface area contributed by atoms with Crippen molar-refractivity contribution in [3.63, 3.8) is 0 Å². The molecule has 2 aromatic carbocycles. The van der Waals surface area contributed by atoms with Crippen LogP contribution in [0, 0.1) is 11.3 Å². The molecule has 8 heteroatoms. The molecule has 0 radical (unpaired) electrons. The van der Waals surface area contributed by atoms with Crippen molar-refractivity contribution in [2.45, 2.75) is 4.90 Å². The molecule has 0 saturated heterocycles. The molecule has 0 heterocycles. The summed E-state index contributed by atoms with van der Waals surface area (Å²) in [7, 11) is -3.77. The Morgan fingerprint density at radius 3 is 2.43 bits per heavy atom. The maximum atomic E-state index is 11.8. The number of hydrogen-bond acceptors (Lipinski definition) is 5. The summed E-state index contributed by atoms with van der Waals surface area (Å²) >= 11 is 0. The van der Waals surface area contributed by atoms with Crippen LogP contribution in [0.15, 0.2) is 53.4 Å². The average molecular weight is 331 g/mol. The van der Waals surface area contributed by atoms with E-state index in [0.717, 1.165) is 0 Å². The van der Waals surface area contributed by atoms with Gasteiger partial charge in [0.2, 0.25) is 10.0 Å². The number of carbonyl (C=O) groups is 1. The third-order valence-electron chi connectivity index (χ3n) is 2.83. The summed E-state index contributed by atoms with van der Waals surface area (Å²) < 4.78 is 27.6. The van der Waals surface area contributed by atoms with E-state index in [0.29, 0.717) is 17.0 Å². The number of amides is 1. The van der Waals surface area contributed by atoms with E-state index < -0.39 is 15.9 Å². The van der Waals surface area contributed by atoms with Gasteiger partial charge in [-0.2, -0.15) is 5.26 Å². The zero-order valence-electron chi connectivity index (χ0n) is 11.9. The fourth-order valence-electron chi connectivity index (χ4n) is 1.75. The van der Waals surface area contributed by atoms with Crippen molar-refractivity contribution in [3.05, 3.63) is 54.1 Å². The van der Waals surface area contributed by atoms with Gasteiger partial charge in [0.05, 0.1) is 10.5 Å². The van der Waals surface area contributed by atoms with Crippen molar-refractivity contribution < 1.29 is 17.9 Å². The van der Waals surface area contributed by atoms with Crippen LogP contribution in [-0.4, -0.2) is 20.9 Å². The second kappa shape index (κ2) is 6.91. The zero-order valence-corrected chi connectivity index (χ0v) is 12.7. The van der Waals surface area contributed by atoms with Crippen LogP contribution in [0.5, 0.6) is 5.75 Å². The number of nitriles is 1. The Labute approximate surface area is 133 Å². The van der Waals surface area contributed by atoms with Crippen LogP contribution in [0.3, 0.4) is 0 Å². The van der Waals surface area contributed by atoms with Gasteiger partial charge in [-0.25, -0.2) is 13.6 Å². The topological polar surface area (TPSA) is 122 Å². The summed E-state index contributed by atoms with van der Waals surface area (Å²) in [5, 5.41) is 16.5. The van der Waals surface area contributed by atoms with E-state index in [1.807, 2.05) is 6.07 Å². The number of para-hydroxylation sites is 1. The highest BCUT2D eigenvalue weighted by Gasteiger charge is 2.09. The van der Waals surface area contributed by atoms with Crippen LogP contribution in [0.4, 0.5) is 5.69 Å². The predicted molar refractivity (Wildman–Crippen MR) is 83.1 cm³/mol. The Hall–Kier alpha value is -2.89. The first-order chi connectivity index (χ1) is 10.9. The fraction of sp³-hybridized carbons (Fsp3) is 0.0667. The molecule has 2 rings (SSSR count). The highest BCUT2D eigenvalue weighted by molar-refractivity contribution is 7.89. The maximum Gasteiger partial charge on any atom is 0.262 e. The molecule has 118 valence electrons. The largest absolute Gasteiger partial charge is 0.482 e. The molecule has 0 aliphatic heterocycles. The molecule has 0 fully saturated rings. The Kier molecular flexibility index (Phi) is 4.95. The molecular formula is C15H13N3O4S. The molecule has 0 atom stereocenters.